The molecule has 0 aromatic heterocycles. The summed E-state index contributed by atoms with van der Waals surface area (Å²) in [5.41, 5.74) is 1.45. The molecule has 2 atom stereocenters. The molecular formula is C11H21N. The standard InChI is InChI=1S/C11H21N/c1-8(2)5-6-9(3)10-7-11(10)12-4/h7-10,12H,5-6H2,1-4H3. The minimum atomic E-state index is 0.772. The quantitative estimate of drug-likeness (QED) is 0.664. The van der Waals surface area contributed by atoms with Gasteiger partial charge in [0.2, 0.25) is 0 Å². The summed E-state index contributed by atoms with van der Waals surface area (Å²) in [5, 5.41) is 3.22. The first-order valence-electron chi connectivity index (χ1n) is 5.04. The molecule has 0 saturated carbocycles. The van der Waals surface area contributed by atoms with E-state index in [1.165, 1.54) is 18.5 Å². The van der Waals surface area contributed by atoms with Gasteiger partial charge in [0.15, 0.2) is 0 Å². The van der Waals surface area contributed by atoms with E-state index in [9.17, 15) is 0 Å². The predicted molar refractivity (Wildman–Crippen MR) is 53.9 cm³/mol. The fraction of sp³-hybridized carbons (Fsp3) is 0.818. The molecule has 0 heterocycles. The maximum Gasteiger partial charge on any atom is 0.0209 e. The third-order valence-electron chi connectivity index (χ3n) is 2.71. The first-order chi connectivity index (χ1) is 5.65. The summed E-state index contributed by atoms with van der Waals surface area (Å²) in [6, 6.07) is 0. The molecule has 1 aliphatic rings. The van der Waals surface area contributed by atoms with Crippen LogP contribution >= 0.6 is 0 Å². The second-order valence-corrected chi connectivity index (χ2v) is 4.35. The molecule has 0 saturated heterocycles. The van der Waals surface area contributed by atoms with Gasteiger partial charge in [0, 0.05) is 18.7 Å². The van der Waals surface area contributed by atoms with Crippen molar-refractivity contribution in [1.82, 2.24) is 5.32 Å². The second-order valence-electron chi connectivity index (χ2n) is 4.35. The van der Waals surface area contributed by atoms with E-state index >= 15 is 0 Å². The zero-order valence-electron chi connectivity index (χ0n) is 8.72. The van der Waals surface area contributed by atoms with Gasteiger partial charge in [0.25, 0.3) is 0 Å². The van der Waals surface area contributed by atoms with Crippen LogP contribution in [0.3, 0.4) is 0 Å². The molecular weight excluding hydrogens is 146 g/mol. The highest BCUT2D eigenvalue weighted by Crippen LogP contribution is 2.36. The van der Waals surface area contributed by atoms with E-state index in [1.807, 2.05) is 7.05 Å². The molecule has 1 N–H and O–H groups in total. The molecule has 0 fully saturated rings. The molecule has 0 aromatic rings. The fourth-order valence-electron chi connectivity index (χ4n) is 1.64. The van der Waals surface area contributed by atoms with Crippen molar-refractivity contribution in [3.05, 3.63) is 11.8 Å². The van der Waals surface area contributed by atoms with Crippen LogP contribution in [0.2, 0.25) is 0 Å². The van der Waals surface area contributed by atoms with Gasteiger partial charge in [0.1, 0.15) is 0 Å². The molecule has 0 aliphatic heterocycles. The summed E-state index contributed by atoms with van der Waals surface area (Å²) in [5.74, 6) is 2.47. The second kappa shape index (κ2) is 3.97. The Labute approximate surface area is 76.2 Å². The van der Waals surface area contributed by atoms with Crippen molar-refractivity contribution in [2.45, 2.75) is 33.6 Å². The number of rotatable bonds is 5. The number of nitrogens with one attached hydrogen (secondary N) is 1. The van der Waals surface area contributed by atoms with Crippen molar-refractivity contribution in [3.63, 3.8) is 0 Å². The highest BCUT2D eigenvalue weighted by atomic mass is 14.9. The monoisotopic (exact) mass is 167 g/mol. The van der Waals surface area contributed by atoms with Gasteiger partial charge >= 0.3 is 0 Å². The van der Waals surface area contributed by atoms with Crippen molar-refractivity contribution < 1.29 is 0 Å². The normalized spacial score (nSPS) is 23.8. The summed E-state index contributed by atoms with van der Waals surface area (Å²) in [7, 11) is 2.01. The molecule has 1 nitrogen and oxygen atoms in total. The van der Waals surface area contributed by atoms with Gasteiger partial charge in [-0.15, -0.1) is 0 Å². The van der Waals surface area contributed by atoms with Crippen LogP contribution in [-0.4, -0.2) is 7.05 Å². The Balaban J connectivity index is 2.10. The van der Waals surface area contributed by atoms with Crippen molar-refractivity contribution in [2.75, 3.05) is 7.05 Å². The summed E-state index contributed by atoms with van der Waals surface area (Å²) >= 11 is 0. The lowest BCUT2D eigenvalue weighted by Gasteiger charge is -2.12. The van der Waals surface area contributed by atoms with Gasteiger partial charge < -0.3 is 5.32 Å². The zero-order valence-corrected chi connectivity index (χ0v) is 8.72. The Hall–Kier alpha value is -0.460. The Morgan fingerprint density at radius 1 is 1.33 bits per heavy atom. The predicted octanol–water partition coefficient (Wildman–Crippen LogP) is 2.79. The third kappa shape index (κ3) is 2.54. The van der Waals surface area contributed by atoms with Gasteiger partial charge in [-0.2, -0.15) is 0 Å². The molecule has 70 valence electrons. The van der Waals surface area contributed by atoms with E-state index in [0.717, 1.165) is 17.8 Å². The van der Waals surface area contributed by atoms with Crippen LogP contribution in [0.25, 0.3) is 0 Å². The molecule has 0 spiro atoms. The number of hydrogen-bond acceptors (Lipinski definition) is 1. The average molecular weight is 167 g/mol. The van der Waals surface area contributed by atoms with Crippen molar-refractivity contribution >= 4 is 0 Å². The van der Waals surface area contributed by atoms with Crippen molar-refractivity contribution in [1.29, 1.82) is 0 Å². The number of allylic oxidation sites excluding steroid dienone is 2. The average Bonchev–Trinajstić information content (AvgIpc) is 2.78. The van der Waals surface area contributed by atoms with Gasteiger partial charge in [-0.05, 0) is 18.3 Å². The van der Waals surface area contributed by atoms with E-state index in [0.29, 0.717) is 0 Å². The van der Waals surface area contributed by atoms with E-state index in [4.69, 9.17) is 0 Å². The molecule has 0 bridgehead atoms. The lowest BCUT2D eigenvalue weighted by Crippen LogP contribution is -2.07. The van der Waals surface area contributed by atoms with Crippen molar-refractivity contribution in [3.8, 4) is 0 Å². The molecule has 1 rings (SSSR count). The fourth-order valence-corrected chi connectivity index (χ4v) is 1.64. The summed E-state index contributed by atoms with van der Waals surface area (Å²) in [4.78, 5) is 0. The smallest absolute Gasteiger partial charge is 0.0209 e. The minimum Gasteiger partial charge on any atom is -0.391 e. The maximum absolute atomic E-state index is 3.22. The Morgan fingerprint density at radius 3 is 2.42 bits per heavy atom. The SMILES string of the molecule is CNC1=CC1C(C)CCC(C)C. The highest BCUT2D eigenvalue weighted by molar-refractivity contribution is 5.27. The summed E-state index contributed by atoms with van der Waals surface area (Å²) < 4.78 is 0. The summed E-state index contributed by atoms with van der Waals surface area (Å²) in [6.45, 7) is 6.95. The molecule has 0 amide bonds. The maximum atomic E-state index is 3.22. The molecule has 12 heavy (non-hydrogen) atoms. The summed E-state index contributed by atoms with van der Waals surface area (Å²) in [6.07, 6.45) is 5.07. The van der Waals surface area contributed by atoms with E-state index < -0.39 is 0 Å². The van der Waals surface area contributed by atoms with E-state index in [1.54, 1.807) is 0 Å². The highest BCUT2D eigenvalue weighted by Gasteiger charge is 2.28. The minimum absolute atomic E-state index is 0.772. The Bertz CT molecular complexity index is 170. The van der Waals surface area contributed by atoms with Crippen LogP contribution in [0.15, 0.2) is 11.8 Å². The van der Waals surface area contributed by atoms with Crippen LogP contribution < -0.4 is 5.32 Å². The molecule has 1 aliphatic carbocycles. The molecule has 0 aromatic carbocycles. The topological polar surface area (TPSA) is 12.0 Å². The van der Waals surface area contributed by atoms with E-state index in [2.05, 4.69) is 32.2 Å². The van der Waals surface area contributed by atoms with Gasteiger partial charge in [-0.25, -0.2) is 0 Å². The van der Waals surface area contributed by atoms with Crippen LogP contribution in [0, 0.1) is 17.8 Å². The lowest BCUT2D eigenvalue weighted by atomic mass is 9.94. The Kier molecular flexibility index (Phi) is 3.19. The first-order valence-corrected chi connectivity index (χ1v) is 5.04. The molecule has 0 radical (unpaired) electrons. The van der Waals surface area contributed by atoms with Crippen LogP contribution in [-0.2, 0) is 0 Å². The molecule has 2 unspecified atom stereocenters. The zero-order chi connectivity index (χ0) is 9.14. The first kappa shape index (κ1) is 9.63. The lowest BCUT2D eigenvalue weighted by molar-refractivity contribution is 0.419. The van der Waals surface area contributed by atoms with Gasteiger partial charge in [-0.3, -0.25) is 0 Å². The van der Waals surface area contributed by atoms with Crippen LogP contribution in [0.1, 0.15) is 33.6 Å². The number of hydrogen-bond donors (Lipinski definition) is 1. The van der Waals surface area contributed by atoms with Crippen LogP contribution in [0.5, 0.6) is 0 Å². The van der Waals surface area contributed by atoms with Gasteiger partial charge in [0.05, 0.1) is 0 Å². The van der Waals surface area contributed by atoms with Crippen LogP contribution in [0.4, 0.5) is 0 Å². The molecule has 1 heteroatoms. The largest absolute Gasteiger partial charge is 0.391 e. The van der Waals surface area contributed by atoms with Crippen molar-refractivity contribution in [2.24, 2.45) is 17.8 Å². The third-order valence-corrected chi connectivity index (χ3v) is 2.71. The van der Waals surface area contributed by atoms with E-state index in [-0.39, 0.29) is 0 Å². The Morgan fingerprint density at radius 2 is 2.00 bits per heavy atom. The van der Waals surface area contributed by atoms with Gasteiger partial charge in [-0.1, -0.05) is 33.3 Å².